The van der Waals surface area contributed by atoms with E-state index in [1.165, 1.54) is 4.90 Å². The summed E-state index contributed by atoms with van der Waals surface area (Å²) < 4.78 is 5.58. The van der Waals surface area contributed by atoms with E-state index in [-0.39, 0.29) is 29.8 Å². The van der Waals surface area contributed by atoms with Crippen LogP contribution in [0.15, 0.2) is 0 Å². The highest BCUT2D eigenvalue weighted by molar-refractivity contribution is 9.12. The fourth-order valence-electron chi connectivity index (χ4n) is 4.58. The van der Waals surface area contributed by atoms with Crippen LogP contribution in [0.1, 0.15) is 19.3 Å². The zero-order chi connectivity index (χ0) is 14.0. The number of likely N-dealkylation sites (tertiary alicyclic amines) is 1. The molecule has 7 atom stereocenters. The average molecular weight is 407 g/mol. The van der Waals surface area contributed by atoms with E-state index in [0.29, 0.717) is 28.0 Å². The van der Waals surface area contributed by atoms with Crippen molar-refractivity contribution < 1.29 is 14.3 Å². The molecule has 0 aromatic rings. The number of alkyl halides is 2. The molecule has 4 rings (SSSR count). The molecule has 0 radical (unpaired) electrons. The van der Waals surface area contributed by atoms with E-state index in [2.05, 4.69) is 31.9 Å². The number of ether oxygens (including phenoxy) is 1. The first-order chi connectivity index (χ1) is 9.59. The highest BCUT2D eigenvalue weighted by atomic mass is 79.9. The minimum Gasteiger partial charge on any atom is -0.376 e. The summed E-state index contributed by atoms with van der Waals surface area (Å²) in [5.41, 5.74) is 0. The van der Waals surface area contributed by atoms with Crippen molar-refractivity contribution in [1.82, 2.24) is 4.90 Å². The van der Waals surface area contributed by atoms with E-state index in [9.17, 15) is 9.59 Å². The SMILES string of the molecule is O=C1[C@@H]2[C@@H]3C[C@@H]([C@@H](Br)[C@@H]3Br)[C@@H]2C(=O)N1C[C@H]1CCCO1. The summed E-state index contributed by atoms with van der Waals surface area (Å²) >= 11 is 7.40. The Morgan fingerprint density at radius 2 is 1.70 bits per heavy atom. The zero-order valence-corrected chi connectivity index (χ0v) is 14.2. The Hall–Kier alpha value is 0.0600. The first-order valence-corrected chi connectivity index (χ1v) is 9.17. The van der Waals surface area contributed by atoms with Gasteiger partial charge >= 0.3 is 0 Å². The van der Waals surface area contributed by atoms with Gasteiger partial charge in [-0.1, -0.05) is 31.9 Å². The highest BCUT2D eigenvalue weighted by Gasteiger charge is 2.66. The lowest BCUT2D eigenvalue weighted by atomic mass is 9.81. The predicted octanol–water partition coefficient (Wildman–Crippen LogP) is 1.94. The summed E-state index contributed by atoms with van der Waals surface area (Å²) in [5, 5.41) is 0. The number of nitrogens with zero attached hydrogens (tertiary/aromatic N) is 1. The molecule has 2 heterocycles. The molecule has 110 valence electrons. The van der Waals surface area contributed by atoms with E-state index in [1.807, 2.05) is 0 Å². The molecule has 0 aromatic heterocycles. The molecular formula is C14H17Br2NO3. The van der Waals surface area contributed by atoms with Gasteiger partial charge in [0, 0.05) is 16.3 Å². The van der Waals surface area contributed by atoms with Gasteiger partial charge in [-0.05, 0) is 31.1 Å². The van der Waals surface area contributed by atoms with E-state index < -0.39 is 0 Å². The molecule has 2 bridgehead atoms. The number of halogens is 2. The Bertz CT molecular complexity index is 433. The molecule has 2 saturated heterocycles. The van der Waals surface area contributed by atoms with Crippen molar-refractivity contribution in [2.24, 2.45) is 23.7 Å². The van der Waals surface area contributed by atoms with Gasteiger partial charge in [0.15, 0.2) is 0 Å². The van der Waals surface area contributed by atoms with Crippen LogP contribution >= 0.6 is 31.9 Å². The molecule has 4 aliphatic rings. The van der Waals surface area contributed by atoms with E-state index in [0.717, 1.165) is 25.9 Å². The predicted molar refractivity (Wildman–Crippen MR) is 79.7 cm³/mol. The van der Waals surface area contributed by atoms with Gasteiger partial charge in [0.1, 0.15) is 0 Å². The third-order valence-corrected chi connectivity index (χ3v) is 8.70. The molecule has 20 heavy (non-hydrogen) atoms. The van der Waals surface area contributed by atoms with Gasteiger partial charge in [0.25, 0.3) is 0 Å². The lowest BCUT2D eigenvalue weighted by Crippen LogP contribution is -2.38. The molecule has 0 unspecified atom stereocenters. The van der Waals surface area contributed by atoms with Crippen LogP contribution in [0.5, 0.6) is 0 Å². The van der Waals surface area contributed by atoms with Crippen molar-refractivity contribution in [3.8, 4) is 0 Å². The van der Waals surface area contributed by atoms with E-state index >= 15 is 0 Å². The van der Waals surface area contributed by atoms with Crippen LogP contribution in [0.25, 0.3) is 0 Å². The summed E-state index contributed by atoms with van der Waals surface area (Å²) in [6, 6.07) is 0. The zero-order valence-electron chi connectivity index (χ0n) is 11.0. The Morgan fingerprint density at radius 3 is 2.20 bits per heavy atom. The van der Waals surface area contributed by atoms with Crippen LogP contribution in [-0.4, -0.2) is 45.6 Å². The number of carbonyl (C=O) groups excluding carboxylic acids is 2. The maximum Gasteiger partial charge on any atom is 0.233 e. The van der Waals surface area contributed by atoms with Crippen LogP contribution in [0.3, 0.4) is 0 Å². The number of imide groups is 1. The van der Waals surface area contributed by atoms with Gasteiger partial charge in [0.2, 0.25) is 11.8 Å². The highest BCUT2D eigenvalue weighted by Crippen LogP contribution is 2.60. The number of rotatable bonds is 2. The molecule has 0 N–H and O–H groups in total. The summed E-state index contributed by atoms with van der Waals surface area (Å²) in [6.45, 7) is 1.22. The standard InChI is InChI=1S/C14H17Br2NO3/c15-11-7-4-8(12(11)16)10-9(7)13(18)17(14(10)19)5-6-2-1-3-20-6/h6-12H,1-5H2/t6-,7-,8+,9+,10-,11-,12-/m1/s1. The summed E-state index contributed by atoms with van der Waals surface area (Å²) in [4.78, 5) is 27.4. The third kappa shape index (κ3) is 1.73. The van der Waals surface area contributed by atoms with Crippen molar-refractivity contribution >= 4 is 43.7 Å². The number of hydrogen-bond acceptors (Lipinski definition) is 3. The Balaban J connectivity index is 1.57. The van der Waals surface area contributed by atoms with Gasteiger partial charge in [-0.3, -0.25) is 14.5 Å². The van der Waals surface area contributed by atoms with Crippen LogP contribution < -0.4 is 0 Å². The van der Waals surface area contributed by atoms with Gasteiger partial charge in [-0.2, -0.15) is 0 Å². The van der Waals surface area contributed by atoms with Crippen LogP contribution in [-0.2, 0) is 14.3 Å². The molecule has 2 amide bonds. The largest absolute Gasteiger partial charge is 0.376 e. The van der Waals surface area contributed by atoms with Crippen LogP contribution in [0.4, 0.5) is 0 Å². The van der Waals surface area contributed by atoms with Gasteiger partial charge < -0.3 is 4.74 Å². The topological polar surface area (TPSA) is 46.6 Å². The number of amides is 2. The molecule has 2 aliphatic carbocycles. The number of hydrogen-bond donors (Lipinski definition) is 0. The van der Waals surface area contributed by atoms with Crippen molar-refractivity contribution in [3.63, 3.8) is 0 Å². The van der Waals surface area contributed by atoms with Crippen LogP contribution in [0, 0.1) is 23.7 Å². The first kappa shape index (κ1) is 13.7. The molecule has 0 aromatic carbocycles. The number of carbonyl (C=O) groups is 2. The fraction of sp³-hybridized carbons (Fsp3) is 0.857. The molecule has 4 fully saturated rings. The fourth-order valence-corrected chi connectivity index (χ4v) is 6.46. The normalized spacial score (nSPS) is 50.3. The summed E-state index contributed by atoms with van der Waals surface area (Å²) in [7, 11) is 0. The second-order valence-electron chi connectivity index (χ2n) is 6.43. The smallest absolute Gasteiger partial charge is 0.233 e. The van der Waals surface area contributed by atoms with E-state index in [4.69, 9.17) is 4.74 Å². The van der Waals surface area contributed by atoms with Crippen molar-refractivity contribution in [1.29, 1.82) is 0 Å². The molecule has 4 nitrogen and oxygen atoms in total. The Kier molecular flexibility index (Phi) is 3.28. The minimum atomic E-state index is -0.0907. The average Bonchev–Trinajstić information content (AvgIpc) is 3.15. The van der Waals surface area contributed by atoms with Crippen molar-refractivity contribution in [2.45, 2.75) is 35.0 Å². The van der Waals surface area contributed by atoms with Crippen molar-refractivity contribution in [2.75, 3.05) is 13.2 Å². The van der Waals surface area contributed by atoms with Gasteiger partial charge in [0.05, 0.1) is 24.5 Å². The quantitative estimate of drug-likeness (QED) is 0.520. The second kappa shape index (κ2) is 4.78. The Labute approximate surface area is 134 Å². The molecule has 0 spiro atoms. The maximum atomic E-state index is 12.6. The Morgan fingerprint density at radius 1 is 1.10 bits per heavy atom. The first-order valence-electron chi connectivity index (χ1n) is 7.34. The molecule has 2 aliphatic heterocycles. The number of fused-ring (bicyclic) bond motifs is 5. The monoisotopic (exact) mass is 405 g/mol. The maximum absolute atomic E-state index is 12.6. The summed E-state index contributed by atoms with van der Waals surface area (Å²) in [6.07, 6.45) is 3.04. The molecule has 6 heteroatoms. The van der Waals surface area contributed by atoms with Gasteiger partial charge in [-0.15, -0.1) is 0 Å². The van der Waals surface area contributed by atoms with Crippen molar-refractivity contribution in [3.05, 3.63) is 0 Å². The lowest BCUT2D eigenvalue weighted by Gasteiger charge is -2.28. The van der Waals surface area contributed by atoms with E-state index in [1.54, 1.807) is 0 Å². The lowest BCUT2D eigenvalue weighted by molar-refractivity contribution is -0.142. The minimum absolute atomic E-state index is 0.0480. The second-order valence-corrected chi connectivity index (χ2v) is 8.54. The molecule has 2 saturated carbocycles. The van der Waals surface area contributed by atoms with Gasteiger partial charge in [-0.25, -0.2) is 0 Å². The van der Waals surface area contributed by atoms with Crippen LogP contribution in [0.2, 0.25) is 0 Å². The third-order valence-electron chi connectivity index (χ3n) is 5.49. The molecular weight excluding hydrogens is 390 g/mol. The summed E-state index contributed by atoms with van der Waals surface area (Å²) in [5.74, 6) is 0.526.